The maximum atomic E-state index is 12.5. The molecule has 0 amide bonds. The molecule has 0 radical (unpaired) electrons. The average Bonchev–Trinajstić information content (AvgIpc) is 0.872. The van der Waals surface area contributed by atoms with Gasteiger partial charge in [-0.25, -0.2) is 4.98 Å². The van der Waals surface area contributed by atoms with Crippen LogP contribution in [0.5, 0.6) is 11.8 Å². The van der Waals surface area contributed by atoms with Crippen LogP contribution in [0.1, 0.15) is 382 Å². The van der Waals surface area contributed by atoms with Crippen molar-refractivity contribution >= 4 is 0 Å². The molecule has 4 aromatic carbocycles. The molecule has 1 aliphatic heterocycles. The van der Waals surface area contributed by atoms with Crippen molar-refractivity contribution in [1.82, 2.24) is 45.2 Å². The number of aryl methyl sites for hydroxylation is 2. The van der Waals surface area contributed by atoms with E-state index < -0.39 is 42.0 Å². The fourth-order valence-electron chi connectivity index (χ4n) is 12.5. The molecule has 0 atom stereocenters. The van der Waals surface area contributed by atoms with Crippen molar-refractivity contribution in [3.63, 3.8) is 0 Å². The Morgan fingerprint density at radius 1 is 0.341 bits per heavy atom. The van der Waals surface area contributed by atoms with Crippen molar-refractivity contribution in [2.24, 2.45) is 29.6 Å². The Balaban J connectivity index is 0.00000148. The summed E-state index contributed by atoms with van der Waals surface area (Å²) in [6, 6.07) is 52.0. The molecule has 2 fully saturated rings. The first-order valence-corrected chi connectivity index (χ1v) is 48.8. The zero-order valence-corrected chi connectivity index (χ0v) is 88.8. The lowest BCUT2D eigenvalue weighted by Gasteiger charge is -2.25. The minimum Gasteiger partial charge on any atom is -0.481 e. The number of rotatable bonds is 16. The van der Waals surface area contributed by atoms with Gasteiger partial charge in [-0.1, -0.05) is 353 Å². The molecule has 6 aromatic heterocycles. The van der Waals surface area contributed by atoms with Crippen LogP contribution in [0.15, 0.2) is 250 Å². The Labute approximate surface area is 824 Å². The van der Waals surface area contributed by atoms with Crippen LogP contribution in [0.4, 0.5) is 48.3 Å². The summed E-state index contributed by atoms with van der Waals surface area (Å²) < 4.78 is 145. The van der Waals surface area contributed by atoms with Crippen molar-refractivity contribution in [1.29, 1.82) is 0 Å². The number of nitrogens with zero attached hydrogens (tertiary/aromatic N) is 9. The number of halogens is 11. The van der Waals surface area contributed by atoms with Crippen LogP contribution in [0.25, 0.3) is 0 Å². The van der Waals surface area contributed by atoms with Gasteiger partial charge in [-0.05, 0) is 231 Å². The Bertz CT molecular complexity index is 4560. The molecule has 11 nitrogen and oxygen atoms in total. The molecular formula is C116H166F11N9O2. The van der Waals surface area contributed by atoms with E-state index in [0.29, 0.717) is 70.0 Å². The van der Waals surface area contributed by atoms with E-state index in [4.69, 9.17) is 9.47 Å². The fraction of sp³-hybridized carbons (Fsp3) is 0.500. The average molecular weight is 1930 g/mol. The summed E-state index contributed by atoms with van der Waals surface area (Å²) in [6.45, 7) is 63.3. The summed E-state index contributed by atoms with van der Waals surface area (Å²) in [5.74, 6) is 9.98. The van der Waals surface area contributed by atoms with Crippen LogP contribution >= 0.6 is 0 Å². The number of hydrogen-bond donors (Lipinski definition) is 0. The largest absolute Gasteiger partial charge is 0.481 e. The first kappa shape index (κ1) is 127. The lowest BCUT2D eigenvalue weighted by Crippen LogP contribution is -2.24. The molecule has 2 saturated carbocycles. The van der Waals surface area contributed by atoms with E-state index in [1.165, 1.54) is 122 Å². The fourth-order valence-corrected chi connectivity index (χ4v) is 12.5. The number of aromatic nitrogens is 8. The molecule has 0 N–H and O–H groups in total. The lowest BCUT2D eigenvalue weighted by molar-refractivity contribution is -0.142. The van der Waals surface area contributed by atoms with Gasteiger partial charge in [0.05, 0.1) is 32.2 Å². The minimum atomic E-state index is -4.40. The maximum Gasteiger partial charge on any atom is 0.435 e. The van der Waals surface area contributed by atoms with E-state index in [1.54, 1.807) is 71.1 Å². The first-order valence-electron chi connectivity index (χ1n) is 48.8. The van der Waals surface area contributed by atoms with Gasteiger partial charge >= 0.3 is 25.1 Å². The Morgan fingerprint density at radius 3 is 1.04 bits per heavy atom. The van der Waals surface area contributed by atoms with Crippen LogP contribution in [-0.4, -0.2) is 66.0 Å². The van der Waals surface area contributed by atoms with Crippen LogP contribution in [-0.2, 0) is 18.5 Å². The predicted molar refractivity (Wildman–Crippen MR) is 555 cm³/mol. The Hall–Kier alpha value is -10.5. The molecule has 22 heteroatoms. The maximum absolute atomic E-state index is 12.5. The van der Waals surface area contributed by atoms with Gasteiger partial charge in [0, 0.05) is 61.2 Å². The molecule has 0 saturated heterocycles. The van der Waals surface area contributed by atoms with Gasteiger partial charge in [0.2, 0.25) is 11.8 Å². The Kier molecular flexibility index (Phi) is 63.3. The van der Waals surface area contributed by atoms with E-state index in [-0.39, 0.29) is 29.2 Å². The van der Waals surface area contributed by atoms with E-state index in [9.17, 15) is 48.3 Å². The van der Waals surface area contributed by atoms with Crippen molar-refractivity contribution in [3.05, 3.63) is 333 Å². The van der Waals surface area contributed by atoms with Gasteiger partial charge in [0.1, 0.15) is 5.69 Å². The van der Waals surface area contributed by atoms with Gasteiger partial charge in [0.25, 0.3) is 0 Å². The summed E-state index contributed by atoms with van der Waals surface area (Å²) >= 11 is 0. The number of pyridine rings is 4. The molecule has 7 heterocycles. The smallest absolute Gasteiger partial charge is 0.435 e. The normalized spacial score (nSPS) is 12.7. The number of methoxy groups -OCH3 is 2. The number of alkyl halides is 11. The molecule has 2 aliphatic carbocycles. The lowest BCUT2D eigenvalue weighted by atomic mass is 9.82. The highest BCUT2D eigenvalue weighted by Gasteiger charge is 2.35. The zero-order valence-electron chi connectivity index (χ0n) is 88.8. The molecular weight excluding hydrogens is 1760 g/mol. The predicted octanol–water partition coefficient (Wildman–Crippen LogP) is 36.4. The second kappa shape index (κ2) is 68.5. The van der Waals surface area contributed by atoms with Crippen molar-refractivity contribution in [2.45, 2.75) is 337 Å². The summed E-state index contributed by atoms with van der Waals surface area (Å²) in [5.41, 5.74) is 11.8. The highest BCUT2D eigenvalue weighted by molar-refractivity contribution is 5.36. The molecule has 10 aromatic rings. The van der Waals surface area contributed by atoms with E-state index in [2.05, 4.69) is 263 Å². The molecule has 3 aliphatic rings. The van der Waals surface area contributed by atoms with E-state index in [1.807, 2.05) is 116 Å². The quantitative estimate of drug-likeness (QED) is 0.0678. The van der Waals surface area contributed by atoms with Crippen LogP contribution in [0.3, 0.4) is 0 Å². The van der Waals surface area contributed by atoms with Crippen LogP contribution in [0, 0.1) is 43.4 Å². The summed E-state index contributed by atoms with van der Waals surface area (Å²) in [6.07, 6.45) is 15.8. The van der Waals surface area contributed by atoms with Crippen molar-refractivity contribution in [2.75, 3.05) is 14.2 Å². The standard InChI is InChI=1S/C11H13F3.C10H13F2N.C10H14.C9H10F3N.C9H13NO.C9H18.2C9H12.C8H9F3N2.C8H12N2O.2C8H11N.C6H12.C2H6/c1-7(2)9-5-4-8(3)10(6-9)11(12,13)14;1-7(2)9-5-4-8(3)13(6-9)10(11)12;1-8(2)10-6-4-9(3)5-7-10;1-6(2)7-3-4-13-8(5-7)9(10,11)12;1-7(2)8-4-5-10-9(6-8)11-3;3*1-8(2)9-6-4-3-5-7-9;1-5(2)6-3-7(8(9,10)11)13-12-4-6;1-6(2)7-4-8(11-3)10-9-5-7;2*1-7(2)8-4-3-5-9-6-8;1-5(2)6-3-4-6;1-2/h4-7H,1-3H3;4-7,10H,3H2,1-2H3;4-8H,1-3H3;3-6H,1-2H3;4-7H,1-3H3;8-9H,3-7H2,1-2H3;2*3-8H,1-2H3;3-5H,1-2H3;4-6H,1-3H3;2*3-7H,1-2H3;5-6H,3-4H2,1-2H3;1-2H3. The van der Waals surface area contributed by atoms with Gasteiger partial charge in [0.15, 0.2) is 5.69 Å². The topological polar surface area (TPSA) is 125 Å². The molecule has 138 heavy (non-hydrogen) atoms. The third kappa shape index (κ3) is 55.9. The van der Waals surface area contributed by atoms with Crippen LogP contribution < -0.4 is 9.47 Å². The summed E-state index contributed by atoms with van der Waals surface area (Å²) in [4.78, 5) is 16.2. The van der Waals surface area contributed by atoms with Crippen LogP contribution in [0.2, 0.25) is 0 Å². The van der Waals surface area contributed by atoms with Gasteiger partial charge in [-0.2, -0.15) is 58.5 Å². The highest BCUT2D eigenvalue weighted by Crippen LogP contribution is 2.37. The molecule has 764 valence electrons. The SMILES string of the molecule is C=C1C=CC(C(C)C)=CN1C(F)F.CC.CC(C)C1CC1.CC(C)C1CCCCC1.CC(C)c1ccccc1.CC(C)c1ccccc1.CC(C)c1cccnc1.CC(C)c1cccnc1.CC(C)c1ccnc(C(F)(F)F)c1.CC(C)c1cnnc(C(F)(F)F)c1.COc1cc(C(C)C)ccn1.COc1cc(C(C)C)cnn1.Cc1ccc(C(C)C)cc1.Cc1ccc(C(C)C)cc1C(F)(F)F. The van der Waals surface area contributed by atoms with E-state index >= 15 is 0 Å². The first-order chi connectivity index (χ1) is 64.7. The highest BCUT2D eigenvalue weighted by atomic mass is 19.4. The summed E-state index contributed by atoms with van der Waals surface area (Å²) in [5, 5.41) is 13.9. The zero-order chi connectivity index (χ0) is 105. The van der Waals surface area contributed by atoms with Gasteiger partial charge in [-0.3, -0.25) is 19.9 Å². The van der Waals surface area contributed by atoms with Crippen molar-refractivity contribution < 1.29 is 57.8 Å². The molecule has 13 rings (SSSR count). The Morgan fingerprint density at radius 2 is 0.703 bits per heavy atom. The monoisotopic (exact) mass is 1930 g/mol. The molecule has 0 bridgehead atoms. The van der Waals surface area contributed by atoms with Crippen molar-refractivity contribution in [3.8, 4) is 11.8 Å². The number of allylic oxidation sites excluding steroid dienone is 3. The number of ether oxygens (including phenoxy) is 2. The molecule has 0 spiro atoms. The van der Waals surface area contributed by atoms with Gasteiger partial charge in [-0.15, -0.1) is 10.2 Å². The van der Waals surface area contributed by atoms with E-state index in [0.717, 1.165) is 57.4 Å². The molecule has 0 unspecified atom stereocenters. The third-order valence-corrected chi connectivity index (χ3v) is 22.3. The van der Waals surface area contributed by atoms with Gasteiger partial charge < -0.3 is 9.47 Å². The second-order valence-electron chi connectivity index (χ2n) is 37.9. The number of hydrogen-bond acceptors (Lipinski definition) is 11. The minimum absolute atomic E-state index is 0.0246. The number of benzene rings is 4. The third-order valence-electron chi connectivity index (χ3n) is 22.3. The summed E-state index contributed by atoms with van der Waals surface area (Å²) in [7, 11) is 3.22. The second-order valence-corrected chi connectivity index (χ2v) is 37.9.